The van der Waals surface area contributed by atoms with Gasteiger partial charge in [-0.3, -0.25) is 0 Å². The minimum absolute atomic E-state index is 0.223. The van der Waals surface area contributed by atoms with E-state index in [4.69, 9.17) is 4.74 Å². The summed E-state index contributed by atoms with van der Waals surface area (Å²) in [5.74, 6) is 0.709. The van der Waals surface area contributed by atoms with Gasteiger partial charge in [-0.2, -0.15) is 0 Å². The van der Waals surface area contributed by atoms with Gasteiger partial charge in [-0.15, -0.1) is 0 Å². The smallest absolute Gasteiger partial charge is 0.165 e. The lowest BCUT2D eigenvalue weighted by atomic mass is 9.74. The maximum absolute atomic E-state index is 13.9. The number of benzene rings is 1. The van der Waals surface area contributed by atoms with E-state index in [1.54, 1.807) is 12.1 Å². The molecule has 0 radical (unpaired) electrons. The predicted molar refractivity (Wildman–Crippen MR) is 85.0 cm³/mol. The van der Waals surface area contributed by atoms with Gasteiger partial charge in [-0.1, -0.05) is 48.7 Å². The fourth-order valence-corrected chi connectivity index (χ4v) is 4.58. The lowest BCUT2D eigenvalue weighted by molar-refractivity contribution is 0.230. The van der Waals surface area contributed by atoms with Gasteiger partial charge < -0.3 is 4.74 Å². The van der Waals surface area contributed by atoms with Gasteiger partial charge in [0.25, 0.3) is 0 Å². The number of rotatable bonds is 5. The van der Waals surface area contributed by atoms with Crippen LogP contribution in [0.4, 0.5) is 4.39 Å². The standard InChI is InChI=1S/C17H24BrFO/c1-12(2)11-17(8-4-5-9-17)16(18)13-6-7-15(20-3)14(19)10-13/h6-7,10,12,16H,4-5,8-9,11H2,1-3H3. The van der Waals surface area contributed by atoms with Crippen molar-refractivity contribution < 1.29 is 9.13 Å². The van der Waals surface area contributed by atoms with E-state index in [2.05, 4.69) is 29.8 Å². The summed E-state index contributed by atoms with van der Waals surface area (Å²) >= 11 is 3.87. The summed E-state index contributed by atoms with van der Waals surface area (Å²) < 4.78 is 18.9. The van der Waals surface area contributed by atoms with E-state index >= 15 is 0 Å². The van der Waals surface area contributed by atoms with E-state index in [1.807, 2.05) is 6.07 Å². The summed E-state index contributed by atoms with van der Waals surface area (Å²) in [6.45, 7) is 4.54. The van der Waals surface area contributed by atoms with E-state index in [-0.39, 0.29) is 16.1 Å². The molecule has 1 aliphatic carbocycles. The first-order chi connectivity index (χ1) is 9.48. The summed E-state index contributed by atoms with van der Waals surface area (Å²) in [4.78, 5) is 0.223. The largest absolute Gasteiger partial charge is 0.494 e. The van der Waals surface area contributed by atoms with Crippen LogP contribution >= 0.6 is 15.9 Å². The molecule has 1 unspecified atom stereocenters. The average Bonchev–Trinajstić information content (AvgIpc) is 2.86. The number of hydrogen-bond acceptors (Lipinski definition) is 1. The number of hydrogen-bond donors (Lipinski definition) is 0. The Labute approximate surface area is 130 Å². The fourth-order valence-electron chi connectivity index (χ4n) is 3.65. The van der Waals surface area contributed by atoms with E-state index in [0.29, 0.717) is 11.7 Å². The lowest BCUT2D eigenvalue weighted by Gasteiger charge is -2.36. The molecular formula is C17H24BrFO. The lowest BCUT2D eigenvalue weighted by Crippen LogP contribution is -2.24. The summed E-state index contributed by atoms with van der Waals surface area (Å²) in [5.41, 5.74) is 1.31. The molecule has 1 aromatic carbocycles. The molecule has 1 atom stereocenters. The van der Waals surface area contributed by atoms with Crippen LogP contribution in [-0.4, -0.2) is 7.11 Å². The van der Waals surface area contributed by atoms with Crippen molar-refractivity contribution in [1.29, 1.82) is 0 Å². The summed E-state index contributed by atoms with van der Waals surface area (Å²) in [7, 11) is 1.50. The van der Waals surface area contributed by atoms with Crippen LogP contribution in [-0.2, 0) is 0 Å². The molecule has 0 saturated heterocycles. The second-order valence-corrected chi connectivity index (χ2v) is 7.34. The van der Waals surface area contributed by atoms with Crippen LogP contribution in [0.2, 0.25) is 0 Å². The molecule has 1 fully saturated rings. The molecule has 112 valence electrons. The highest BCUT2D eigenvalue weighted by atomic mass is 79.9. The van der Waals surface area contributed by atoms with Crippen molar-refractivity contribution in [3.63, 3.8) is 0 Å². The topological polar surface area (TPSA) is 9.23 Å². The zero-order valence-corrected chi connectivity index (χ0v) is 14.2. The second-order valence-electron chi connectivity index (χ2n) is 6.42. The van der Waals surface area contributed by atoms with Crippen molar-refractivity contribution >= 4 is 15.9 Å². The minimum Gasteiger partial charge on any atom is -0.494 e. The van der Waals surface area contributed by atoms with Crippen LogP contribution in [0.5, 0.6) is 5.75 Å². The van der Waals surface area contributed by atoms with Gasteiger partial charge in [0, 0.05) is 4.83 Å². The second kappa shape index (κ2) is 6.46. The molecule has 1 nitrogen and oxygen atoms in total. The number of halogens is 2. The summed E-state index contributed by atoms with van der Waals surface area (Å²) in [6.07, 6.45) is 6.22. The number of ether oxygens (including phenoxy) is 1. The Morgan fingerprint density at radius 1 is 1.30 bits per heavy atom. The Morgan fingerprint density at radius 2 is 1.95 bits per heavy atom. The third-order valence-electron chi connectivity index (χ3n) is 4.42. The molecule has 3 heteroatoms. The first-order valence-corrected chi connectivity index (χ1v) is 8.37. The Kier molecular flexibility index (Phi) is 5.11. The maximum Gasteiger partial charge on any atom is 0.165 e. The molecule has 1 aliphatic rings. The summed E-state index contributed by atoms with van der Waals surface area (Å²) in [5, 5.41) is 0. The van der Waals surface area contributed by atoms with Crippen molar-refractivity contribution in [2.75, 3.05) is 7.11 Å². The number of methoxy groups -OCH3 is 1. The quantitative estimate of drug-likeness (QED) is 0.607. The number of alkyl halides is 1. The van der Waals surface area contributed by atoms with Gasteiger partial charge in [-0.05, 0) is 48.3 Å². The van der Waals surface area contributed by atoms with Crippen LogP contribution in [0.15, 0.2) is 18.2 Å². The normalized spacial score (nSPS) is 19.3. The molecule has 2 rings (SSSR count). The zero-order valence-electron chi connectivity index (χ0n) is 12.6. The molecule has 0 spiro atoms. The first-order valence-electron chi connectivity index (χ1n) is 7.46. The van der Waals surface area contributed by atoms with Crippen LogP contribution in [0, 0.1) is 17.2 Å². The Hall–Kier alpha value is -0.570. The highest BCUT2D eigenvalue weighted by Crippen LogP contribution is 2.55. The minimum atomic E-state index is -0.271. The summed E-state index contributed by atoms with van der Waals surface area (Å²) in [6, 6.07) is 5.34. The predicted octanol–water partition coefficient (Wildman–Crippen LogP) is 5.88. The highest BCUT2D eigenvalue weighted by Gasteiger charge is 2.41. The molecule has 0 aliphatic heterocycles. The Balaban J connectivity index is 2.27. The van der Waals surface area contributed by atoms with Crippen molar-refractivity contribution in [3.05, 3.63) is 29.6 Å². The van der Waals surface area contributed by atoms with E-state index < -0.39 is 0 Å². The molecule has 1 aromatic rings. The third-order valence-corrected chi connectivity index (χ3v) is 5.92. The van der Waals surface area contributed by atoms with Crippen molar-refractivity contribution in [2.45, 2.75) is 50.8 Å². The van der Waals surface area contributed by atoms with E-state index in [1.165, 1.54) is 39.2 Å². The van der Waals surface area contributed by atoms with Gasteiger partial charge in [0.05, 0.1) is 7.11 Å². The maximum atomic E-state index is 13.9. The van der Waals surface area contributed by atoms with Gasteiger partial charge >= 0.3 is 0 Å². The van der Waals surface area contributed by atoms with Crippen LogP contribution in [0.3, 0.4) is 0 Å². The van der Waals surface area contributed by atoms with Crippen molar-refractivity contribution in [3.8, 4) is 5.75 Å². The Morgan fingerprint density at radius 3 is 2.45 bits per heavy atom. The average molecular weight is 343 g/mol. The van der Waals surface area contributed by atoms with Gasteiger partial charge in [0.1, 0.15) is 0 Å². The van der Waals surface area contributed by atoms with E-state index in [9.17, 15) is 4.39 Å². The van der Waals surface area contributed by atoms with Gasteiger partial charge in [0.2, 0.25) is 0 Å². The van der Waals surface area contributed by atoms with Crippen molar-refractivity contribution in [2.24, 2.45) is 11.3 Å². The van der Waals surface area contributed by atoms with E-state index in [0.717, 1.165) is 5.56 Å². The molecule has 1 saturated carbocycles. The molecule has 0 N–H and O–H groups in total. The van der Waals surface area contributed by atoms with Crippen molar-refractivity contribution in [1.82, 2.24) is 0 Å². The highest BCUT2D eigenvalue weighted by molar-refractivity contribution is 9.09. The fraction of sp³-hybridized carbons (Fsp3) is 0.647. The zero-order chi connectivity index (χ0) is 14.8. The Bertz CT molecular complexity index is 452. The molecule has 20 heavy (non-hydrogen) atoms. The monoisotopic (exact) mass is 342 g/mol. The SMILES string of the molecule is COc1ccc(C(Br)C2(CC(C)C)CCCC2)cc1F. The third kappa shape index (κ3) is 3.19. The first kappa shape index (κ1) is 15.8. The van der Waals surface area contributed by atoms with Gasteiger partial charge in [-0.25, -0.2) is 4.39 Å². The van der Waals surface area contributed by atoms with Crippen LogP contribution < -0.4 is 4.74 Å². The molecule has 0 bridgehead atoms. The van der Waals surface area contributed by atoms with Crippen LogP contribution in [0.25, 0.3) is 0 Å². The molecule has 0 amide bonds. The molecular weight excluding hydrogens is 319 g/mol. The molecule has 0 aromatic heterocycles. The van der Waals surface area contributed by atoms with Gasteiger partial charge in [0.15, 0.2) is 11.6 Å². The van der Waals surface area contributed by atoms with Crippen LogP contribution in [0.1, 0.15) is 56.3 Å². The molecule has 0 heterocycles.